The average Bonchev–Trinajstić information content (AvgIpc) is 2.71. The maximum absolute atomic E-state index is 12.7. The lowest BCUT2D eigenvalue weighted by molar-refractivity contribution is 0.0235. The predicted molar refractivity (Wildman–Crippen MR) is 76.5 cm³/mol. The molecular weight excluding hydrogens is 256 g/mol. The van der Waals surface area contributed by atoms with Gasteiger partial charge in [-0.1, -0.05) is 25.7 Å². The number of rotatable bonds is 4. The van der Waals surface area contributed by atoms with Crippen LogP contribution in [0.5, 0.6) is 11.5 Å². The lowest BCUT2D eigenvalue weighted by atomic mass is 9.86. The first-order valence-corrected chi connectivity index (χ1v) is 7.10. The van der Waals surface area contributed by atoms with E-state index in [1.807, 2.05) is 0 Å². The van der Waals surface area contributed by atoms with Crippen molar-refractivity contribution >= 4 is 5.78 Å². The first kappa shape index (κ1) is 14.9. The molecule has 1 aromatic carbocycles. The minimum atomic E-state index is -1.25. The SMILES string of the molecule is COc1ccc(C(=O)C2(O)CCCCCC2)c(OC)c1. The molecule has 0 atom stereocenters. The molecule has 1 aliphatic carbocycles. The van der Waals surface area contributed by atoms with E-state index in [2.05, 4.69) is 0 Å². The van der Waals surface area contributed by atoms with Gasteiger partial charge in [-0.3, -0.25) is 4.79 Å². The number of ether oxygens (including phenoxy) is 2. The normalized spacial score (nSPS) is 18.1. The lowest BCUT2D eigenvalue weighted by Crippen LogP contribution is -2.38. The van der Waals surface area contributed by atoms with Gasteiger partial charge in [0.15, 0.2) is 5.78 Å². The number of carbonyl (C=O) groups is 1. The Balaban J connectivity index is 2.32. The highest BCUT2D eigenvalue weighted by molar-refractivity contribution is 6.04. The summed E-state index contributed by atoms with van der Waals surface area (Å²) < 4.78 is 10.4. The van der Waals surface area contributed by atoms with Gasteiger partial charge in [0.1, 0.15) is 17.1 Å². The number of Topliss-reactive ketones (excluding diaryl/α,β-unsaturated/α-hetero) is 1. The Kier molecular flexibility index (Phi) is 4.65. The van der Waals surface area contributed by atoms with E-state index in [-0.39, 0.29) is 5.78 Å². The molecule has 4 nitrogen and oxygen atoms in total. The number of carbonyl (C=O) groups excluding carboxylic acids is 1. The van der Waals surface area contributed by atoms with Crippen LogP contribution in [0.3, 0.4) is 0 Å². The van der Waals surface area contributed by atoms with Gasteiger partial charge in [0, 0.05) is 6.07 Å². The number of hydrogen-bond acceptors (Lipinski definition) is 4. The summed E-state index contributed by atoms with van der Waals surface area (Å²) in [7, 11) is 3.08. The molecule has 1 N–H and O–H groups in total. The molecule has 0 bridgehead atoms. The van der Waals surface area contributed by atoms with Crippen molar-refractivity contribution < 1.29 is 19.4 Å². The lowest BCUT2D eigenvalue weighted by Gasteiger charge is -2.25. The molecule has 0 spiro atoms. The topological polar surface area (TPSA) is 55.8 Å². The van der Waals surface area contributed by atoms with Gasteiger partial charge in [-0.2, -0.15) is 0 Å². The van der Waals surface area contributed by atoms with Gasteiger partial charge in [0.25, 0.3) is 0 Å². The molecule has 0 amide bonds. The molecule has 0 unspecified atom stereocenters. The fourth-order valence-corrected chi connectivity index (χ4v) is 2.78. The summed E-state index contributed by atoms with van der Waals surface area (Å²) in [5.74, 6) is 0.845. The van der Waals surface area contributed by atoms with Crippen LogP contribution in [0.2, 0.25) is 0 Å². The van der Waals surface area contributed by atoms with Crippen molar-refractivity contribution in [2.75, 3.05) is 14.2 Å². The summed E-state index contributed by atoms with van der Waals surface area (Å²) in [5.41, 5.74) is -0.823. The molecule has 2 rings (SSSR count). The van der Waals surface area contributed by atoms with Gasteiger partial charge in [0.2, 0.25) is 0 Å². The van der Waals surface area contributed by atoms with Crippen molar-refractivity contribution in [3.05, 3.63) is 23.8 Å². The Hall–Kier alpha value is -1.55. The second-order valence-electron chi connectivity index (χ2n) is 5.34. The highest BCUT2D eigenvalue weighted by atomic mass is 16.5. The summed E-state index contributed by atoms with van der Waals surface area (Å²) in [4.78, 5) is 12.7. The van der Waals surface area contributed by atoms with Crippen LogP contribution in [-0.2, 0) is 0 Å². The Labute approximate surface area is 119 Å². The summed E-state index contributed by atoms with van der Waals surface area (Å²) in [6.45, 7) is 0. The largest absolute Gasteiger partial charge is 0.497 e. The van der Waals surface area contributed by atoms with Crippen LogP contribution >= 0.6 is 0 Å². The Morgan fingerprint density at radius 2 is 1.75 bits per heavy atom. The maximum atomic E-state index is 12.7. The quantitative estimate of drug-likeness (QED) is 0.679. The molecule has 0 radical (unpaired) electrons. The van der Waals surface area contributed by atoms with E-state index >= 15 is 0 Å². The maximum Gasteiger partial charge on any atom is 0.198 e. The number of ketones is 1. The van der Waals surface area contributed by atoms with Crippen molar-refractivity contribution in [2.45, 2.75) is 44.1 Å². The molecule has 1 aliphatic rings. The van der Waals surface area contributed by atoms with Crippen LogP contribution in [-0.4, -0.2) is 30.7 Å². The van der Waals surface area contributed by atoms with E-state index in [1.165, 1.54) is 7.11 Å². The van der Waals surface area contributed by atoms with Crippen LogP contribution in [0.4, 0.5) is 0 Å². The first-order valence-electron chi connectivity index (χ1n) is 7.10. The van der Waals surface area contributed by atoms with Crippen LogP contribution < -0.4 is 9.47 Å². The Bertz CT molecular complexity index is 473. The van der Waals surface area contributed by atoms with Crippen molar-refractivity contribution in [3.8, 4) is 11.5 Å². The monoisotopic (exact) mass is 278 g/mol. The average molecular weight is 278 g/mol. The van der Waals surface area contributed by atoms with Gasteiger partial charge in [-0.15, -0.1) is 0 Å². The highest BCUT2D eigenvalue weighted by Gasteiger charge is 2.37. The minimum Gasteiger partial charge on any atom is -0.497 e. The number of benzene rings is 1. The molecule has 1 saturated carbocycles. The second-order valence-corrected chi connectivity index (χ2v) is 5.34. The van der Waals surface area contributed by atoms with E-state index in [1.54, 1.807) is 25.3 Å². The van der Waals surface area contributed by atoms with Crippen molar-refractivity contribution in [1.29, 1.82) is 0 Å². The van der Waals surface area contributed by atoms with Crippen LogP contribution in [0.15, 0.2) is 18.2 Å². The zero-order chi connectivity index (χ0) is 14.6. The molecule has 1 fully saturated rings. The van der Waals surface area contributed by atoms with Crippen LogP contribution in [0.1, 0.15) is 48.9 Å². The predicted octanol–water partition coefficient (Wildman–Crippen LogP) is 2.97. The third kappa shape index (κ3) is 2.96. The van der Waals surface area contributed by atoms with E-state index in [4.69, 9.17) is 9.47 Å². The molecule has 0 saturated heterocycles. The number of aliphatic hydroxyl groups is 1. The van der Waals surface area contributed by atoms with Gasteiger partial charge in [0.05, 0.1) is 19.8 Å². The summed E-state index contributed by atoms with van der Waals surface area (Å²) >= 11 is 0. The van der Waals surface area contributed by atoms with Crippen molar-refractivity contribution in [1.82, 2.24) is 0 Å². The zero-order valence-corrected chi connectivity index (χ0v) is 12.1. The molecule has 0 aliphatic heterocycles. The third-order valence-electron chi connectivity index (χ3n) is 4.01. The van der Waals surface area contributed by atoms with E-state index < -0.39 is 5.60 Å². The Morgan fingerprint density at radius 1 is 1.10 bits per heavy atom. The van der Waals surface area contributed by atoms with Gasteiger partial charge < -0.3 is 14.6 Å². The van der Waals surface area contributed by atoms with Gasteiger partial charge in [-0.05, 0) is 25.0 Å². The standard InChI is InChI=1S/C16H22O4/c1-19-12-7-8-13(14(11-12)20-2)15(17)16(18)9-5-3-4-6-10-16/h7-8,11,18H,3-6,9-10H2,1-2H3. The summed E-state index contributed by atoms with van der Waals surface area (Å²) in [5, 5.41) is 10.7. The molecule has 110 valence electrons. The van der Waals surface area contributed by atoms with Gasteiger partial charge >= 0.3 is 0 Å². The first-order chi connectivity index (χ1) is 9.60. The summed E-state index contributed by atoms with van der Waals surface area (Å²) in [6.07, 6.45) is 4.99. The highest BCUT2D eigenvalue weighted by Crippen LogP contribution is 2.34. The van der Waals surface area contributed by atoms with E-state index in [0.29, 0.717) is 29.9 Å². The molecule has 0 heterocycles. The fourth-order valence-electron chi connectivity index (χ4n) is 2.78. The smallest absolute Gasteiger partial charge is 0.198 e. The van der Waals surface area contributed by atoms with Crippen molar-refractivity contribution in [2.24, 2.45) is 0 Å². The summed E-state index contributed by atoms with van der Waals surface area (Å²) in [6, 6.07) is 5.06. The number of hydrogen-bond donors (Lipinski definition) is 1. The van der Waals surface area contributed by atoms with Gasteiger partial charge in [-0.25, -0.2) is 0 Å². The van der Waals surface area contributed by atoms with Crippen LogP contribution in [0, 0.1) is 0 Å². The van der Waals surface area contributed by atoms with E-state index in [9.17, 15) is 9.90 Å². The molecule has 0 aromatic heterocycles. The minimum absolute atomic E-state index is 0.237. The molecule has 20 heavy (non-hydrogen) atoms. The number of methoxy groups -OCH3 is 2. The zero-order valence-electron chi connectivity index (χ0n) is 12.1. The molecule has 1 aromatic rings. The molecular formula is C16H22O4. The van der Waals surface area contributed by atoms with Crippen molar-refractivity contribution in [3.63, 3.8) is 0 Å². The second kappa shape index (κ2) is 6.27. The van der Waals surface area contributed by atoms with E-state index in [0.717, 1.165) is 25.7 Å². The fraction of sp³-hybridized carbons (Fsp3) is 0.562. The third-order valence-corrected chi connectivity index (χ3v) is 4.01. The molecule has 4 heteroatoms. The van der Waals surface area contributed by atoms with Crippen LogP contribution in [0.25, 0.3) is 0 Å². The Morgan fingerprint density at radius 3 is 2.30 bits per heavy atom.